The Hall–Kier alpha value is -5.60. The van der Waals surface area contributed by atoms with E-state index >= 15 is 0 Å². The molecule has 0 bridgehead atoms. The lowest BCUT2D eigenvalue weighted by molar-refractivity contribution is 0.660. The van der Waals surface area contributed by atoms with Gasteiger partial charge in [-0.05, 0) is 75.0 Å². The fraction of sp³-hybridized carbons (Fsp3) is 0.0698. The van der Waals surface area contributed by atoms with E-state index in [9.17, 15) is 0 Å². The Labute approximate surface area is 262 Å². The van der Waals surface area contributed by atoms with Gasteiger partial charge in [0.25, 0.3) is 0 Å². The highest BCUT2D eigenvalue weighted by atomic mass is 16.3. The van der Waals surface area contributed by atoms with Gasteiger partial charge in [-0.2, -0.15) is 0 Å². The summed E-state index contributed by atoms with van der Waals surface area (Å²) in [4.78, 5) is 2.39. The summed E-state index contributed by atoms with van der Waals surface area (Å²) in [5, 5.41) is 4.75. The molecule has 214 valence electrons. The number of rotatable bonds is 4. The van der Waals surface area contributed by atoms with Gasteiger partial charge in [-0.3, -0.25) is 0 Å². The topological polar surface area (TPSA) is 16.4 Å². The van der Waals surface area contributed by atoms with E-state index in [2.05, 4.69) is 164 Å². The van der Waals surface area contributed by atoms with Gasteiger partial charge < -0.3 is 9.32 Å². The fourth-order valence-corrected chi connectivity index (χ4v) is 7.41. The molecule has 0 aliphatic heterocycles. The molecule has 1 heterocycles. The summed E-state index contributed by atoms with van der Waals surface area (Å²) in [6.45, 7) is 4.67. The van der Waals surface area contributed by atoms with E-state index in [-0.39, 0.29) is 5.41 Å². The summed E-state index contributed by atoms with van der Waals surface area (Å²) in [5.74, 6) is 0. The van der Waals surface area contributed by atoms with Crippen LogP contribution in [0.1, 0.15) is 25.0 Å². The van der Waals surface area contributed by atoms with Gasteiger partial charge in [0, 0.05) is 27.4 Å². The van der Waals surface area contributed by atoms with Gasteiger partial charge in [-0.1, -0.05) is 129 Å². The van der Waals surface area contributed by atoms with Crippen LogP contribution < -0.4 is 4.90 Å². The van der Waals surface area contributed by atoms with Gasteiger partial charge in [-0.15, -0.1) is 0 Å². The zero-order valence-corrected chi connectivity index (χ0v) is 25.3. The standard InChI is InChI=1S/C43H31NO/c1-43(2)36-16-7-5-14-35(36)41-37(43)17-10-18-38(41)44(39-19-9-15-34-33-13-6-8-20-40(33)45-42(34)39)32-25-23-29(24-26-32)31-22-21-28-11-3-4-12-30(28)27-31/h3-27H,1-2H3. The van der Waals surface area contributed by atoms with Crippen LogP contribution in [0.25, 0.3) is 55.0 Å². The second-order valence-corrected chi connectivity index (χ2v) is 12.6. The van der Waals surface area contributed by atoms with Crippen molar-refractivity contribution < 1.29 is 4.42 Å². The molecule has 1 aromatic heterocycles. The van der Waals surface area contributed by atoms with E-state index in [1.165, 1.54) is 44.2 Å². The Morgan fingerprint density at radius 1 is 0.511 bits per heavy atom. The minimum absolute atomic E-state index is 0.0983. The Balaban J connectivity index is 1.28. The molecule has 0 amide bonds. The number of fused-ring (bicyclic) bond motifs is 7. The molecule has 0 radical (unpaired) electrons. The largest absolute Gasteiger partial charge is 0.454 e. The van der Waals surface area contributed by atoms with Crippen LogP contribution in [0, 0.1) is 0 Å². The van der Waals surface area contributed by atoms with E-state index < -0.39 is 0 Å². The van der Waals surface area contributed by atoms with Crippen molar-refractivity contribution in [2.24, 2.45) is 0 Å². The van der Waals surface area contributed by atoms with Gasteiger partial charge in [0.15, 0.2) is 5.58 Å². The molecule has 2 nitrogen and oxygen atoms in total. The van der Waals surface area contributed by atoms with Gasteiger partial charge >= 0.3 is 0 Å². The summed E-state index contributed by atoms with van der Waals surface area (Å²) in [6.07, 6.45) is 0. The summed E-state index contributed by atoms with van der Waals surface area (Å²) in [6, 6.07) is 54.7. The lowest BCUT2D eigenvalue weighted by atomic mass is 9.82. The molecule has 0 N–H and O–H groups in total. The minimum atomic E-state index is -0.0983. The molecule has 0 atom stereocenters. The number of hydrogen-bond acceptors (Lipinski definition) is 2. The third-order valence-corrected chi connectivity index (χ3v) is 9.66. The maximum Gasteiger partial charge on any atom is 0.159 e. The first-order chi connectivity index (χ1) is 22.1. The molecule has 8 aromatic rings. The average Bonchev–Trinajstić information content (AvgIpc) is 3.58. The van der Waals surface area contributed by atoms with Crippen molar-refractivity contribution in [3.05, 3.63) is 163 Å². The van der Waals surface area contributed by atoms with E-state index in [1.807, 2.05) is 6.07 Å². The van der Waals surface area contributed by atoms with Crippen LogP contribution in [0.2, 0.25) is 0 Å². The van der Waals surface area contributed by atoms with Crippen molar-refractivity contribution in [3.63, 3.8) is 0 Å². The first-order valence-electron chi connectivity index (χ1n) is 15.6. The SMILES string of the molecule is CC1(C)c2ccccc2-c2c(N(c3ccc(-c4ccc5ccccc5c4)cc3)c3cccc4c3oc3ccccc34)cccc21. The van der Waals surface area contributed by atoms with E-state index in [0.29, 0.717) is 0 Å². The van der Waals surface area contributed by atoms with Crippen LogP contribution in [-0.4, -0.2) is 0 Å². The van der Waals surface area contributed by atoms with Crippen LogP contribution in [-0.2, 0) is 5.41 Å². The molecular weight excluding hydrogens is 546 g/mol. The number of furan rings is 1. The summed E-state index contributed by atoms with van der Waals surface area (Å²) in [5.41, 5.74) is 12.6. The third kappa shape index (κ3) is 3.89. The normalized spacial score (nSPS) is 13.3. The molecule has 1 aliphatic rings. The number of nitrogens with zero attached hydrogens (tertiary/aromatic N) is 1. The van der Waals surface area contributed by atoms with Crippen LogP contribution in [0.15, 0.2) is 156 Å². The van der Waals surface area contributed by atoms with Gasteiger partial charge in [-0.25, -0.2) is 0 Å². The van der Waals surface area contributed by atoms with Crippen molar-refractivity contribution >= 4 is 49.8 Å². The molecule has 0 unspecified atom stereocenters. The highest BCUT2D eigenvalue weighted by Gasteiger charge is 2.38. The first-order valence-corrected chi connectivity index (χ1v) is 15.6. The van der Waals surface area contributed by atoms with Crippen molar-refractivity contribution in [1.29, 1.82) is 0 Å². The molecule has 0 saturated heterocycles. The number of para-hydroxylation sites is 2. The van der Waals surface area contributed by atoms with E-state index in [4.69, 9.17) is 4.42 Å². The van der Waals surface area contributed by atoms with Crippen LogP contribution >= 0.6 is 0 Å². The van der Waals surface area contributed by atoms with Crippen molar-refractivity contribution in [2.45, 2.75) is 19.3 Å². The number of anilines is 3. The van der Waals surface area contributed by atoms with Crippen molar-refractivity contribution in [2.75, 3.05) is 4.90 Å². The second-order valence-electron chi connectivity index (χ2n) is 12.6. The monoisotopic (exact) mass is 577 g/mol. The predicted octanol–water partition coefficient (Wildman–Crippen LogP) is 12.2. The van der Waals surface area contributed by atoms with Crippen molar-refractivity contribution in [1.82, 2.24) is 0 Å². The average molecular weight is 578 g/mol. The lowest BCUT2D eigenvalue weighted by Gasteiger charge is -2.29. The molecular formula is C43H31NO. The maximum atomic E-state index is 6.63. The highest BCUT2D eigenvalue weighted by Crippen LogP contribution is 2.54. The Morgan fingerprint density at radius 3 is 2.07 bits per heavy atom. The van der Waals surface area contributed by atoms with Gasteiger partial charge in [0.05, 0.1) is 11.4 Å². The Bertz CT molecular complexity index is 2410. The molecule has 7 aromatic carbocycles. The number of hydrogen-bond donors (Lipinski definition) is 0. The summed E-state index contributed by atoms with van der Waals surface area (Å²) in [7, 11) is 0. The van der Waals surface area contributed by atoms with Gasteiger partial charge in [0.2, 0.25) is 0 Å². The van der Waals surface area contributed by atoms with Crippen LogP contribution in [0.5, 0.6) is 0 Å². The lowest BCUT2D eigenvalue weighted by Crippen LogP contribution is -2.16. The van der Waals surface area contributed by atoms with E-state index in [1.54, 1.807) is 0 Å². The smallest absolute Gasteiger partial charge is 0.159 e. The quantitative estimate of drug-likeness (QED) is 0.207. The van der Waals surface area contributed by atoms with Crippen LogP contribution in [0.4, 0.5) is 17.1 Å². The molecule has 1 aliphatic carbocycles. The molecule has 0 fully saturated rings. The Morgan fingerprint density at radius 2 is 1.18 bits per heavy atom. The molecule has 0 saturated carbocycles. The summed E-state index contributed by atoms with van der Waals surface area (Å²) >= 11 is 0. The molecule has 2 heteroatoms. The Kier molecular flexibility index (Phi) is 5.58. The van der Waals surface area contributed by atoms with E-state index in [0.717, 1.165) is 39.0 Å². The first kappa shape index (κ1) is 25.9. The highest BCUT2D eigenvalue weighted by molar-refractivity contribution is 6.11. The van der Waals surface area contributed by atoms with Crippen molar-refractivity contribution in [3.8, 4) is 22.3 Å². The second kappa shape index (κ2) is 9.70. The van der Waals surface area contributed by atoms with Gasteiger partial charge in [0.1, 0.15) is 5.58 Å². The number of benzene rings is 7. The zero-order valence-electron chi connectivity index (χ0n) is 25.3. The molecule has 45 heavy (non-hydrogen) atoms. The fourth-order valence-electron chi connectivity index (χ4n) is 7.41. The molecule has 0 spiro atoms. The molecule has 9 rings (SSSR count). The third-order valence-electron chi connectivity index (χ3n) is 9.66. The zero-order chi connectivity index (χ0) is 30.1. The minimum Gasteiger partial charge on any atom is -0.454 e. The maximum absolute atomic E-state index is 6.63. The summed E-state index contributed by atoms with van der Waals surface area (Å²) < 4.78 is 6.63. The predicted molar refractivity (Wildman–Crippen MR) is 189 cm³/mol. The van der Waals surface area contributed by atoms with Crippen LogP contribution in [0.3, 0.4) is 0 Å².